The normalized spacial score (nSPS) is 49.0. The van der Waals surface area contributed by atoms with Crippen LogP contribution in [0, 0.1) is 104 Å². The fourth-order valence-corrected chi connectivity index (χ4v) is 21.8. The number of allylic oxidation sites excluding steroid dienone is 9. The number of hydrogen-bond donors (Lipinski definition) is 2. The summed E-state index contributed by atoms with van der Waals surface area (Å²) in [6, 6.07) is 2.21. The van der Waals surface area contributed by atoms with Gasteiger partial charge in [0.1, 0.15) is 0 Å². The summed E-state index contributed by atoms with van der Waals surface area (Å²) in [6.45, 7) is 29.7. The average molecular weight is 1000 g/mol. The minimum absolute atomic E-state index is 0.202. The van der Waals surface area contributed by atoms with E-state index in [-0.39, 0.29) is 45.3 Å². The van der Waals surface area contributed by atoms with E-state index >= 15 is 0 Å². The number of aliphatic hydroxyl groups excluding tert-OH is 1. The first kappa shape index (κ1) is 53.0. The van der Waals surface area contributed by atoms with Crippen LogP contribution in [0.4, 0.5) is 0 Å². The number of rotatable bonds is 8. The van der Waals surface area contributed by atoms with Crippen LogP contribution in [0.3, 0.4) is 0 Å². The lowest BCUT2D eigenvalue weighted by molar-refractivity contribution is -0.110. The second-order valence-corrected chi connectivity index (χ2v) is 31.4. The number of nitrogens with zero attached hydrogens (tertiary/aromatic N) is 2. The summed E-state index contributed by atoms with van der Waals surface area (Å²) in [6.07, 6.45) is 48.6. The lowest BCUT2D eigenvalue weighted by atomic mass is 9.52. The summed E-state index contributed by atoms with van der Waals surface area (Å²) in [5.41, 5.74) is 4.61. The Kier molecular flexibility index (Phi) is 14.7. The molecule has 0 radical (unpaired) electrons. The standard InChI is InChI=1S/C67H108N3OP/c1-42-27-31-47(32-28-42)64(6,7)48-33-29-44(30-34-48)46-36-57(69(72)41-46)53-38-49(63(3,4)5)37-52(43(53)2)51-23-19-25-56-61(51)68-62(70(56)55-24-16-15-22-50(55)45-20-13-12-14-21-45)54-40-67(11)60(39-58(54)71)65(8,9)59-26-17-18-35-66(59,67)10/h12-13,17,26,29,33-34,38,42-47,49-52,54-62,68,71H,14-16,18-25,27-28,30-32,35-37,39-41,72H2,1-11H3. The summed E-state index contributed by atoms with van der Waals surface area (Å²) in [5, 5.41) is 17.7. The summed E-state index contributed by atoms with van der Waals surface area (Å²) in [5.74, 6) is 8.57. The predicted molar refractivity (Wildman–Crippen MR) is 307 cm³/mol. The van der Waals surface area contributed by atoms with Crippen molar-refractivity contribution in [2.75, 3.05) is 6.54 Å². The molecular weight excluding hydrogens is 894 g/mol. The molecule has 4 nitrogen and oxygen atoms in total. The molecule has 20 unspecified atom stereocenters. The van der Waals surface area contributed by atoms with Gasteiger partial charge in [-0.3, -0.25) is 14.9 Å². The molecule has 9 aliphatic carbocycles. The third-order valence-electron chi connectivity index (χ3n) is 25.7. The third-order valence-corrected chi connectivity index (χ3v) is 26.3. The van der Waals surface area contributed by atoms with Crippen molar-refractivity contribution in [3.05, 3.63) is 59.8 Å². The Labute approximate surface area is 445 Å². The van der Waals surface area contributed by atoms with Crippen molar-refractivity contribution in [3.8, 4) is 0 Å². The molecule has 5 saturated carbocycles. The van der Waals surface area contributed by atoms with E-state index in [1.54, 1.807) is 11.1 Å². The van der Waals surface area contributed by atoms with Gasteiger partial charge in [-0.15, -0.1) is 0 Å². The molecule has 11 rings (SSSR count). The summed E-state index contributed by atoms with van der Waals surface area (Å²) in [7, 11) is 3.30. The SMILES string of the molecule is CC1CCC(C(C)(C)C2=CCC(C3CC(C4=CC(C(C)(C)C)CC(C5CCCC6C5NC(C5CC7(C)C(CC5O)C(C)(C)C5C=CCCC57C)N6C5CCCCC5C5CC=CCC5)C4C)N(P)C3)C=C2)CC1. The molecular formula is C67H108N3OP. The van der Waals surface area contributed by atoms with Crippen LogP contribution in [0.5, 0.6) is 0 Å². The maximum atomic E-state index is 13.0. The van der Waals surface area contributed by atoms with E-state index in [0.29, 0.717) is 71.5 Å². The fourth-order valence-electron chi connectivity index (χ4n) is 21.2. The largest absolute Gasteiger partial charge is 0.393 e. The van der Waals surface area contributed by atoms with Crippen LogP contribution in [-0.4, -0.2) is 57.7 Å². The van der Waals surface area contributed by atoms with Gasteiger partial charge in [-0.2, -0.15) is 0 Å². The molecule has 402 valence electrons. The molecule has 2 N–H and O–H groups in total. The Morgan fingerprint density at radius 1 is 0.722 bits per heavy atom. The van der Waals surface area contributed by atoms with Gasteiger partial charge in [0.15, 0.2) is 0 Å². The second kappa shape index (κ2) is 20.0. The van der Waals surface area contributed by atoms with Crippen molar-refractivity contribution in [1.29, 1.82) is 0 Å². The van der Waals surface area contributed by atoms with Crippen molar-refractivity contribution < 1.29 is 5.11 Å². The van der Waals surface area contributed by atoms with Crippen LogP contribution < -0.4 is 5.32 Å². The Hall–Kier alpha value is -1.03. The molecule has 0 aromatic heterocycles. The minimum atomic E-state index is -0.251. The zero-order valence-electron chi connectivity index (χ0n) is 48.1. The first-order valence-electron chi connectivity index (χ1n) is 31.4. The van der Waals surface area contributed by atoms with Gasteiger partial charge in [-0.05, 0) is 206 Å². The van der Waals surface area contributed by atoms with E-state index < -0.39 is 0 Å². The molecule has 5 heteroatoms. The zero-order chi connectivity index (χ0) is 50.7. The van der Waals surface area contributed by atoms with E-state index in [1.807, 2.05) is 0 Å². The fraction of sp³-hybridized carbons (Fsp3) is 0.851. The quantitative estimate of drug-likeness (QED) is 0.188. The predicted octanol–water partition coefficient (Wildman–Crippen LogP) is 16.2. The zero-order valence-corrected chi connectivity index (χ0v) is 49.2. The van der Waals surface area contributed by atoms with Crippen LogP contribution >= 0.6 is 9.39 Å². The summed E-state index contributed by atoms with van der Waals surface area (Å²) >= 11 is 0. The van der Waals surface area contributed by atoms with Gasteiger partial charge in [0, 0.05) is 36.6 Å². The first-order chi connectivity index (χ1) is 34.2. The van der Waals surface area contributed by atoms with Crippen molar-refractivity contribution in [2.45, 2.75) is 247 Å². The molecule has 2 aliphatic heterocycles. The van der Waals surface area contributed by atoms with Gasteiger partial charge in [-0.25, -0.2) is 0 Å². The van der Waals surface area contributed by atoms with E-state index in [4.69, 9.17) is 5.32 Å². The summed E-state index contributed by atoms with van der Waals surface area (Å²) < 4.78 is 2.74. The number of nitrogens with one attached hydrogen (secondary N) is 1. The Morgan fingerprint density at radius 2 is 1.47 bits per heavy atom. The smallest absolute Gasteiger partial charge is 0.0659 e. The van der Waals surface area contributed by atoms with Gasteiger partial charge in [0.25, 0.3) is 0 Å². The van der Waals surface area contributed by atoms with Gasteiger partial charge in [0.05, 0.1) is 12.3 Å². The molecule has 0 spiro atoms. The lowest BCUT2D eigenvalue weighted by Crippen LogP contribution is -2.59. The molecule has 0 bridgehead atoms. The van der Waals surface area contributed by atoms with Crippen LogP contribution in [0.15, 0.2) is 59.8 Å². The maximum absolute atomic E-state index is 13.0. The third kappa shape index (κ3) is 9.02. The molecule has 11 aliphatic rings. The van der Waals surface area contributed by atoms with Crippen LogP contribution in [0.1, 0.15) is 211 Å². The maximum Gasteiger partial charge on any atom is 0.0659 e. The molecule has 72 heavy (non-hydrogen) atoms. The molecule has 0 aromatic rings. The molecule has 0 amide bonds. The average Bonchev–Trinajstić information content (AvgIpc) is 3.98. The van der Waals surface area contributed by atoms with Crippen molar-refractivity contribution >= 4 is 9.39 Å². The number of fused-ring (bicyclic) bond motifs is 4. The van der Waals surface area contributed by atoms with Crippen LogP contribution in [0.2, 0.25) is 0 Å². The van der Waals surface area contributed by atoms with Crippen LogP contribution in [0.25, 0.3) is 0 Å². The van der Waals surface area contributed by atoms with Crippen molar-refractivity contribution in [1.82, 2.24) is 14.9 Å². The highest BCUT2D eigenvalue weighted by molar-refractivity contribution is 7.13. The van der Waals surface area contributed by atoms with Gasteiger partial charge >= 0.3 is 0 Å². The number of hydrogen-bond acceptors (Lipinski definition) is 4. The highest BCUT2D eigenvalue weighted by Gasteiger charge is 2.70. The summed E-state index contributed by atoms with van der Waals surface area (Å²) in [4.78, 5) is 3.24. The molecule has 2 saturated heterocycles. The first-order valence-corrected chi connectivity index (χ1v) is 31.9. The Morgan fingerprint density at radius 3 is 2.19 bits per heavy atom. The van der Waals surface area contributed by atoms with Gasteiger partial charge in [-0.1, -0.05) is 172 Å². The molecule has 0 aromatic carbocycles. The van der Waals surface area contributed by atoms with E-state index in [1.165, 1.54) is 135 Å². The van der Waals surface area contributed by atoms with E-state index in [2.05, 4.69) is 144 Å². The monoisotopic (exact) mass is 1000 g/mol. The topological polar surface area (TPSA) is 38.7 Å². The van der Waals surface area contributed by atoms with E-state index in [0.717, 1.165) is 30.1 Å². The molecule has 2 heterocycles. The number of aliphatic hydroxyl groups is 1. The van der Waals surface area contributed by atoms with E-state index in [9.17, 15) is 5.11 Å². The Balaban J connectivity index is 0.880. The van der Waals surface area contributed by atoms with Crippen molar-refractivity contribution in [3.63, 3.8) is 0 Å². The van der Waals surface area contributed by atoms with Crippen molar-refractivity contribution in [2.24, 2.45) is 104 Å². The Bertz CT molecular complexity index is 2100. The van der Waals surface area contributed by atoms with Gasteiger partial charge in [0.2, 0.25) is 0 Å². The highest BCUT2D eigenvalue weighted by Crippen LogP contribution is 2.75. The van der Waals surface area contributed by atoms with Crippen LogP contribution in [-0.2, 0) is 0 Å². The van der Waals surface area contributed by atoms with Gasteiger partial charge < -0.3 is 5.11 Å². The highest BCUT2D eigenvalue weighted by atomic mass is 31.0. The molecule has 7 fully saturated rings. The minimum Gasteiger partial charge on any atom is -0.393 e. The lowest BCUT2D eigenvalue weighted by Gasteiger charge is -2.56. The molecule has 20 atom stereocenters. The second-order valence-electron chi connectivity index (χ2n) is 30.8.